The van der Waals surface area contributed by atoms with Crippen LogP contribution in [0, 0.1) is 0 Å². The number of rotatable bonds is 3. The second kappa shape index (κ2) is 5.42. The van der Waals surface area contributed by atoms with Gasteiger partial charge in [0, 0.05) is 6.20 Å². The number of halogens is 1. The van der Waals surface area contributed by atoms with Gasteiger partial charge in [-0.3, -0.25) is 0 Å². The van der Waals surface area contributed by atoms with Crippen molar-refractivity contribution in [3.63, 3.8) is 0 Å². The fourth-order valence-corrected chi connectivity index (χ4v) is 2.69. The number of hydrogen-bond acceptors (Lipinski definition) is 3. The topological polar surface area (TPSA) is 68.0 Å². The van der Waals surface area contributed by atoms with Gasteiger partial charge in [0.05, 0.1) is 27.4 Å². The van der Waals surface area contributed by atoms with Crippen LogP contribution < -0.4 is 0 Å². The van der Waals surface area contributed by atoms with Gasteiger partial charge >= 0.3 is 5.97 Å². The standard InChI is InChI=1S/C16H14ClN3O2/c1-9(2)14-12-13(17)11(16(21)22)8-18-15(12)20(19-14)10-6-4-3-5-7-10/h3-9H,1-2H3,(H,21,22). The van der Waals surface area contributed by atoms with Gasteiger partial charge in [-0.2, -0.15) is 5.10 Å². The lowest BCUT2D eigenvalue weighted by Gasteiger charge is -2.04. The number of nitrogens with zero attached hydrogens (tertiary/aromatic N) is 3. The number of pyridine rings is 1. The van der Waals surface area contributed by atoms with Gasteiger partial charge in [0.2, 0.25) is 0 Å². The maximum absolute atomic E-state index is 11.3. The predicted octanol–water partition coefficient (Wildman–Crippen LogP) is 3.90. The van der Waals surface area contributed by atoms with E-state index in [4.69, 9.17) is 11.6 Å². The summed E-state index contributed by atoms with van der Waals surface area (Å²) in [5, 5.41) is 14.6. The molecule has 3 rings (SSSR count). The third-order valence-corrected chi connectivity index (χ3v) is 3.83. The summed E-state index contributed by atoms with van der Waals surface area (Å²) in [5.41, 5.74) is 2.14. The minimum atomic E-state index is -1.10. The molecule has 22 heavy (non-hydrogen) atoms. The highest BCUT2D eigenvalue weighted by molar-refractivity contribution is 6.38. The van der Waals surface area contributed by atoms with Gasteiger partial charge in [0.25, 0.3) is 0 Å². The molecule has 0 saturated heterocycles. The normalized spacial score (nSPS) is 11.3. The Morgan fingerprint density at radius 2 is 1.95 bits per heavy atom. The van der Waals surface area contributed by atoms with E-state index in [0.717, 1.165) is 11.4 Å². The number of aromatic nitrogens is 3. The summed E-state index contributed by atoms with van der Waals surface area (Å²) in [6, 6.07) is 9.56. The van der Waals surface area contributed by atoms with Gasteiger partial charge in [-0.15, -0.1) is 0 Å². The van der Waals surface area contributed by atoms with E-state index < -0.39 is 5.97 Å². The maximum atomic E-state index is 11.3. The molecule has 112 valence electrons. The summed E-state index contributed by atoms with van der Waals surface area (Å²) in [5.74, 6) is -1.00. The third-order valence-electron chi connectivity index (χ3n) is 3.44. The Morgan fingerprint density at radius 1 is 1.27 bits per heavy atom. The Kier molecular flexibility index (Phi) is 3.58. The van der Waals surface area contributed by atoms with Gasteiger partial charge < -0.3 is 5.11 Å². The van der Waals surface area contributed by atoms with Crippen molar-refractivity contribution in [3.05, 3.63) is 52.8 Å². The first-order valence-electron chi connectivity index (χ1n) is 6.86. The van der Waals surface area contributed by atoms with Crippen molar-refractivity contribution >= 4 is 28.6 Å². The number of fused-ring (bicyclic) bond motifs is 1. The summed E-state index contributed by atoms with van der Waals surface area (Å²) in [6.45, 7) is 3.97. The molecular formula is C16H14ClN3O2. The molecule has 0 bridgehead atoms. The molecule has 0 spiro atoms. The molecule has 2 aromatic heterocycles. The molecule has 0 saturated carbocycles. The first kappa shape index (κ1) is 14.5. The van der Waals surface area contributed by atoms with Crippen molar-refractivity contribution in [1.29, 1.82) is 0 Å². The van der Waals surface area contributed by atoms with Crippen LogP contribution in [-0.4, -0.2) is 25.8 Å². The van der Waals surface area contributed by atoms with Crippen LogP contribution in [-0.2, 0) is 0 Å². The van der Waals surface area contributed by atoms with Crippen molar-refractivity contribution in [2.24, 2.45) is 0 Å². The van der Waals surface area contributed by atoms with Gasteiger partial charge in [0.15, 0.2) is 5.65 Å². The third kappa shape index (κ3) is 2.23. The number of carbonyl (C=O) groups is 1. The van der Waals surface area contributed by atoms with Gasteiger partial charge in [-0.25, -0.2) is 14.5 Å². The zero-order valence-corrected chi connectivity index (χ0v) is 12.9. The summed E-state index contributed by atoms with van der Waals surface area (Å²) in [7, 11) is 0. The Bertz CT molecular complexity index is 857. The van der Waals surface area contributed by atoms with E-state index in [9.17, 15) is 9.90 Å². The summed E-state index contributed by atoms with van der Waals surface area (Å²) >= 11 is 6.31. The van der Waals surface area contributed by atoms with Crippen LogP contribution in [0.3, 0.4) is 0 Å². The first-order valence-corrected chi connectivity index (χ1v) is 7.24. The van der Waals surface area contributed by atoms with E-state index in [0.29, 0.717) is 11.0 Å². The second-order valence-electron chi connectivity index (χ2n) is 5.28. The highest BCUT2D eigenvalue weighted by atomic mass is 35.5. The fourth-order valence-electron chi connectivity index (χ4n) is 2.37. The molecule has 0 unspecified atom stereocenters. The van der Waals surface area contributed by atoms with E-state index in [2.05, 4.69) is 10.1 Å². The number of carboxylic acids is 1. The fraction of sp³-hybridized carbons (Fsp3) is 0.188. The van der Waals surface area contributed by atoms with E-state index in [-0.39, 0.29) is 16.5 Å². The van der Waals surface area contributed by atoms with E-state index >= 15 is 0 Å². The molecule has 0 amide bonds. The molecule has 0 aliphatic heterocycles. The van der Waals surface area contributed by atoms with Crippen molar-refractivity contribution in [2.45, 2.75) is 19.8 Å². The van der Waals surface area contributed by atoms with Crippen molar-refractivity contribution in [3.8, 4) is 5.69 Å². The van der Waals surface area contributed by atoms with Gasteiger partial charge in [-0.1, -0.05) is 43.6 Å². The van der Waals surface area contributed by atoms with Crippen molar-refractivity contribution in [2.75, 3.05) is 0 Å². The number of aromatic carboxylic acids is 1. The largest absolute Gasteiger partial charge is 0.478 e. The Morgan fingerprint density at radius 3 is 2.55 bits per heavy atom. The zero-order valence-electron chi connectivity index (χ0n) is 12.1. The molecule has 0 radical (unpaired) electrons. The van der Waals surface area contributed by atoms with Crippen LogP contribution >= 0.6 is 11.6 Å². The van der Waals surface area contributed by atoms with Crippen molar-refractivity contribution in [1.82, 2.24) is 14.8 Å². The highest BCUT2D eigenvalue weighted by Crippen LogP contribution is 2.33. The Balaban J connectivity index is 2.38. The van der Waals surface area contributed by atoms with Gasteiger partial charge in [-0.05, 0) is 18.1 Å². The lowest BCUT2D eigenvalue weighted by Crippen LogP contribution is -2.01. The maximum Gasteiger partial charge on any atom is 0.338 e. The minimum Gasteiger partial charge on any atom is -0.478 e. The lowest BCUT2D eigenvalue weighted by atomic mass is 10.1. The second-order valence-corrected chi connectivity index (χ2v) is 5.65. The number of para-hydroxylation sites is 1. The Hall–Kier alpha value is -2.40. The molecule has 6 heteroatoms. The van der Waals surface area contributed by atoms with Crippen molar-refractivity contribution < 1.29 is 9.90 Å². The van der Waals surface area contributed by atoms with Crippen LogP contribution in [0.1, 0.15) is 35.8 Å². The molecular weight excluding hydrogens is 302 g/mol. The van der Waals surface area contributed by atoms with E-state index in [1.807, 2.05) is 44.2 Å². The molecule has 3 aromatic rings. The number of carboxylic acid groups (broad SMARTS) is 1. The molecule has 2 heterocycles. The zero-order chi connectivity index (χ0) is 15.9. The average Bonchev–Trinajstić information content (AvgIpc) is 2.89. The first-order chi connectivity index (χ1) is 10.5. The molecule has 1 aromatic carbocycles. The minimum absolute atomic E-state index is 0.0105. The predicted molar refractivity (Wildman–Crippen MR) is 84.9 cm³/mol. The molecule has 0 aliphatic rings. The van der Waals surface area contributed by atoms with E-state index in [1.54, 1.807) is 4.68 Å². The SMILES string of the molecule is CC(C)c1nn(-c2ccccc2)c2ncc(C(=O)O)c(Cl)c12. The van der Waals surface area contributed by atoms with E-state index in [1.165, 1.54) is 6.20 Å². The number of benzene rings is 1. The molecule has 1 N–H and O–H groups in total. The average molecular weight is 316 g/mol. The summed E-state index contributed by atoms with van der Waals surface area (Å²) < 4.78 is 1.70. The molecule has 0 atom stereocenters. The lowest BCUT2D eigenvalue weighted by molar-refractivity contribution is 0.0697. The highest BCUT2D eigenvalue weighted by Gasteiger charge is 2.22. The van der Waals surface area contributed by atoms with Gasteiger partial charge in [0.1, 0.15) is 0 Å². The van der Waals surface area contributed by atoms with Crippen LogP contribution in [0.2, 0.25) is 5.02 Å². The summed E-state index contributed by atoms with van der Waals surface area (Å²) in [4.78, 5) is 15.5. The molecule has 0 fully saturated rings. The Labute approximate surface area is 132 Å². The monoisotopic (exact) mass is 315 g/mol. The molecule has 5 nitrogen and oxygen atoms in total. The summed E-state index contributed by atoms with van der Waals surface area (Å²) in [6.07, 6.45) is 1.28. The van der Waals surface area contributed by atoms with Crippen LogP contribution in [0.25, 0.3) is 16.7 Å². The molecule has 0 aliphatic carbocycles. The number of hydrogen-bond donors (Lipinski definition) is 1. The van der Waals surface area contributed by atoms with Crippen LogP contribution in [0.15, 0.2) is 36.5 Å². The van der Waals surface area contributed by atoms with Crippen LogP contribution in [0.4, 0.5) is 0 Å². The quantitative estimate of drug-likeness (QED) is 0.796. The van der Waals surface area contributed by atoms with Crippen LogP contribution in [0.5, 0.6) is 0 Å². The smallest absolute Gasteiger partial charge is 0.338 e.